The van der Waals surface area contributed by atoms with Gasteiger partial charge in [0.15, 0.2) is 0 Å². The van der Waals surface area contributed by atoms with Gasteiger partial charge in [-0.1, -0.05) is 15.9 Å². The molecule has 1 aliphatic rings. The van der Waals surface area contributed by atoms with Crippen LogP contribution in [-0.2, 0) is 0 Å². The smallest absolute Gasteiger partial charge is 0.266 e. The number of rotatable bonds is 3. The fraction of sp³-hybridized carbons (Fsp3) is 0.600. The summed E-state index contributed by atoms with van der Waals surface area (Å²) in [4.78, 5) is 21.0. The van der Waals surface area contributed by atoms with E-state index in [-0.39, 0.29) is 5.56 Å². The highest BCUT2D eigenvalue weighted by Gasteiger charge is 2.28. The van der Waals surface area contributed by atoms with Crippen LogP contribution in [0.25, 0.3) is 0 Å². The summed E-state index contributed by atoms with van der Waals surface area (Å²) < 4.78 is 0.664. The molecule has 2 rings (SSSR count). The molecule has 1 fully saturated rings. The molecule has 88 valence electrons. The zero-order valence-corrected chi connectivity index (χ0v) is 12.7. The van der Waals surface area contributed by atoms with E-state index in [9.17, 15) is 4.79 Å². The maximum absolute atomic E-state index is 11.4. The molecule has 1 heterocycles. The van der Waals surface area contributed by atoms with E-state index in [0.29, 0.717) is 14.3 Å². The lowest BCUT2D eigenvalue weighted by molar-refractivity contribution is 0.338. The number of nitrogens with zero attached hydrogens (tertiary/aromatic N) is 2. The summed E-state index contributed by atoms with van der Waals surface area (Å²) in [6, 6.07) is 0. The molecular formula is C10H13BrIN3O. The zero-order chi connectivity index (χ0) is 11.7. The van der Waals surface area contributed by atoms with Crippen molar-refractivity contribution in [2.24, 2.45) is 5.92 Å². The zero-order valence-electron chi connectivity index (χ0n) is 8.91. The van der Waals surface area contributed by atoms with E-state index in [2.05, 4.69) is 30.8 Å². The molecule has 0 saturated heterocycles. The second-order valence-corrected chi connectivity index (χ2v) is 6.56. The van der Waals surface area contributed by atoms with E-state index in [4.69, 9.17) is 0 Å². The summed E-state index contributed by atoms with van der Waals surface area (Å²) in [5.41, 5.74) is -0.0653. The van der Waals surface area contributed by atoms with Crippen molar-refractivity contribution in [3.63, 3.8) is 0 Å². The molecular weight excluding hydrogens is 385 g/mol. The number of nitrogens with one attached hydrogen (secondary N) is 1. The van der Waals surface area contributed by atoms with Crippen LogP contribution >= 0.6 is 38.5 Å². The van der Waals surface area contributed by atoms with Crippen molar-refractivity contribution < 1.29 is 0 Å². The fourth-order valence-electron chi connectivity index (χ4n) is 1.92. The first-order chi connectivity index (χ1) is 7.58. The normalized spacial score (nSPS) is 23.9. The van der Waals surface area contributed by atoms with Gasteiger partial charge in [0.2, 0.25) is 0 Å². The van der Waals surface area contributed by atoms with Gasteiger partial charge in [0.1, 0.15) is 9.39 Å². The Morgan fingerprint density at radius 1 is 1.69 bits per heavy atom. The van der Waals surface area contributed by atoms with Crippen LogP contribution in [-0.4, -0.2) is 28.4 Å². The Morgan fingerprint density at radius 2 is 2.38 bits per heavy atom. The van der Waals surface area contributed by atoms with Gasteiger partial charge in [-0.3, -0.25) is 4.79 Å². The molecule has 0 radical (unpaired) electrons. The molecule has 0 aliphatic heterocycles. The average Bonchev–Trinajstić information content (AvgIpc) is 2.19. The number of halogens is 2. The van der Waals surface area contributed by atoms with Gasteiger partial charge < -0.3 is 9.88 Å². The monoisotopic (exact) mass is 397 g/mol. The van der Waals surface area contributed by atoms with Crippen LogP contribution in [0.5, 0.6) is 0 Å². The average molecular weight is 398 g/mol. The van der Waals surface area contributed by atoms with E-state index in [1.165, 1.54) is 19.2 Å². The van der Waals surface area contributed by atoms with Crippen molar-refractivity contribution in [2.45, 2.75) is 17.7 Å². The number of hydrogen-bond donors (Lipinski definition) is 1. The molecule has 0 bridgehead atoms. The first-order valence-electron chi connectivity index (χ1n) is 5.16. The van der Waals surface area contributed by atoms with Gasteiger partial charge in [0, 0.05) is 18.4 Å². The highest BCUT2D eigenvalue weighted by Crippen LogP contribution is 2.34. The van der Waals surface area contributed by atoms with Gasteiger partial charge in [-0.05, 0) is 41.4 Å². The summed E-state index contributed by atoms with van der Waals surface area (Å²) in [5, 5.41) is 0. The van der Waals surface area contributed by atoms with Gasteiger partial charge >= 0.3 is 0 Å². The first-order valence-corrected chi connectivity index (χ1v) is 7.15. The lowest BCUT2D eigenvalue weighted by Crippen LogP contribution is -2.36. The Bertz CT molecular complexity index is 430. The van der Waals surface area contributed by atoms with E-state index in [0.717, 1.165) is 12.4 Å². The summed E-state index contributed by atoms with van der Waals surface area (Å²) in [6.07, 6.45) is 3.89. The van der Waals surface area contributed by atoms with Crippen LogP contribution in [0.15, 0.2) is 11.1 Å². The second kappa shape index (κ2) is 5.03. The Kier molecular flexibility index (Phi) is 3.89. The van der Waals surface area contributed by atoms with Crippen LogP contribution in [0.4, 0.5) is 5.82 Å². The number of hydrogen-bond acceptors (Lipinski definition) is 3. The first kappa shape index (κ1) is 12.3. The van der Waals surface area contributed by atoms with Crippen molar-refractivity contribution in [1.82, 2.24) is 9.97 Å². The molecule has 6 heteroatoms. The lowest BCUT2D eigenvalue weighted by atomic mass is 9.85. The maximum atomic E-state index is 11.4. The van der Waals surface area contributed by atoms with Crippen molar-refractivity contribution in [3.8, 4) is 0 Å². The standard InChI is InChI=1S/C10H13BrIN3O/c1-15(4-6-2-7(11)3-6)9-8(12)10(16)14-5-13-9/h5-7H,2-4H2,1H3,(H,13,14,16). The Labute approximate surface area is 116 Å². The highest BCUT2D eigenvalue weighted by atomic mass is 127. The minimum absolute atomic E-state index is 0.0653. The third-order valence-corrected chi connectivity index (χ3v) is 4.57. The molecule has 1 N–H and O–H groups in total. The second-order valence-electron chi connectivity index (χ2n) is 4.18. The van der Waals surface area contributed by atoms with E-state index in [1.807, 2.05) is 29.6 Å². The van der Waals surface area contributed by atoms with Gasteiger partial charge in [-0.2, -0.15) is 0 Å². The third-order valence-electron chi connectivity index (χ3n) is 2.85. The quantitative estimate of drug-likeness (QED) is 0.626. The number of H-pyrrole nitrogens is 1. The number of alkyl halides is 1. The number of anilines is 1. The summed E-state index contributed by atoms with van der Waals surface area (Å²) in [7, 11) is 1.99. The van der Waals surface area contributed by atoms with Crippen LogP contribution in [0, 0.1) is 9.49 Å². The molecule has 1 saturated carbocycles. The SMILES string of the molecule is CN(CC1CC(Br)C1)c1nc[nH]c(=O)c1I. The molecule has 0 amide bonds. The van der Waals surface area contributed by atoms with Gasteiger partial charge in [-0.15, -0.1) is 0 Å². The summed E-state index contributed by atoms with van der Waals surface area (Å²) in [6.45, 7) is 0.967. The Hall–Kier alpha value is -0.110. The fourth-order valence-corrected chi connectivity index (χ4v) is 3.68. The highest BCUT2D eigenvalue weighted by molar-refractivity contribution is 14.1. The number of aromatic amines is 1. The molecule has 1 aromatic rings. The lowest BCUT2D eigenvalue weighted by Gasteiger charge is -2.34. The van der Waals surface area contributed by atoms with E-state index in [1.54, 1.807) is 0 Å². The van der Waals surface area contributed by atoms with Crippen molar-refractivity contribution >= 4 is 44.3 Å². The van der Waals surface area contributed by atoms with E-state index < -0.39 is 0 Å². The van der Waals surface area contributed by atoms with Gasteiger partial charge in [-0.25, -0.2) is 4.98 Å². The topological polar surface area (TPSA) is 49.0 Å². The molecule has 16 heavy (non-hydrogen) atoms. The van der Waals surface area contributed by atoms with E-state index >= 15 is 0 Å². The van der Waals surface area contributed by atoms with Crippen LogP contribution in [0.3, 0.4) is 0 Å². The molecule has 4 nitrogen and oxygen atoms in total. The molecule has 1 aliphatic carbocycles. The summed E-state index contributed by atoms with van der Waals surface area (Å²) in [5.74, 6) is 1.49. The van der Waals surface area contributed by atoms with Gasteiger partial charge in [0.25, 0.3) is 5.56 Å². The largest absolute Gasteiger partial charge is 0.358 e. The molecule has 0 aromatic carbocycles. The van der Waals surface area contributed by atoms with Crippen LogP contribution in [0.2, 0.25) is 0 Å². The number of aromatic nitrogens is 2. The molecule has 0 atom stereocenters. The molecule has 0 spiro atoms. The summed E-state index contributed by atoms with van der Waals surface area (Å²) >= 11 is 5.63. The molecule has 0 unspecified atom stereocenters. The van der Waals surface area contributed by atoms with Crippen LogP contribution < -0.4 is 10.5 Å². The minimum Gasteiger partial charge on any atom is -0.358 e. The third kappa shape index (κ3) is 2.58. The Morgan fingerprint density at radius 3 is 3.00 bits per heavy atom. The molecule has 1 aromatic heterocycles. The Balaban J connectivity index is 2.06. The van der Waals surface area contributed by atoms with Gasteiger partial charge in [0.05, 0.1) is 6.33 Å². The van der Waals surface area contributed by atoms with Crippen molar-refractivity contribution in [1.29, 1.82) is 0 Å². The predicted molar refractivity (Wildman–Crippen MR) is 76.3 cm³/mol. The predicted octanol–water partition coefficient (Wildman–Crippen LogP) is 1.98. The van der Waals surface area contributed by atoms with Crippen molar-refractivity contribution in [2.75, 3.05) is 18.5 Å². The van der Waals surface area contributed by atoms with Crippen LogP contribution in [0.1, 0.15) is 12.8 Å². The minimum atomic E-state index is -0.0653. The maximum Gasteiger partial charge on any atom is 0.266 e. The van der Waals surface area contributed by atoms with Crippen molar-refractivity contribution in [3.05, 3.63) is 20.3 Å².